The highest BCUT2D eigenvalue weighted by Gasteiger charge is 2.11. The van der Waals surface area contributed by atoms with E-state index in [1.54, 1.807) is 7.11 Å². The molecular formula is C18H23NOS. The van der Waals surface area contributed by atoms with Crippen LogP contribution < -0.4 is 10.1 Å². The summed E-state index contributed by atoms with van der Waals surface area (Å²) in [6, 6.07) is 17.4. The molecule has 0 amide bonds. The molecule has 2 aromatic carbocycles. The van der Waals surface area contributed by atoms with Gasteiger partial charge in [-0.15, -0.1) is 11.8 Å². The van der Waals surface area contributed by atoms with Gasteiger partial charge in [0.2, 0.25) is 0 Å². The summed E-state index contributed by atoms with van der Waals surface area (Å²) in [5, 5.41) is 3.56. The first kappa shape index (κ1) is 15.9. The molecule has 2 aromatic rings. The van der Waals surface area contributed by atoms with Gasteiger partial charge in [0.15, 0.2) is 0 Å². The Bertz CT molecular complexity index is 553. The van der Waals surface area contributed by atoms with Crippen molar-refractivity contribution in [2.45, 2.75) is 24.8 Å². The van der Waals surface area contributed by atoms with Crippen molar-refractivity contribution in [3.05, 3.63) is 59.7 Å². The molecule has 0 spiro atoms. The molecule has 0 aliphatic rings. The minimum absolute atomic E-state index is 0.353. The van der Waals surface area contributed by atoms with Gasteiger partial charge in [-0.25, -0.2) is 0 Å². The molecule has 0 aromatic heterocycles. The van der Waals surface area contributed by atoms with Crippen LogP contribution in [0.4, 0.5) is 0 Å². The molecule has 2 rings (SSSR count). The number of aryl methyl sites for hydroxylation is 1. The number of thioether (sulfide) groups is 1. The first-order valence-electron chi connectivity index (χ1n) is 7.29. The predicted octanol–water partition coefficient (Wildman–Crippen LogP) is 4.45. The van der Waals surface area contributed by atoms with Crippen molar-refractivity contribution >= 4 is 11.8 Å². The van der Waals surface area contributed by atoms with Gasteiger partial charge in [0, 0.05) is 16.7 Å². The lowest BCUT2D eigenvalue weighted by Gasteiger charge is -2.18. The lowest BCUT2D eigenvalue weighted by molar-refractivity contribution is 0.414. The van der Waals surface area contributed by atoms with Crippen LogP contribution in [0.2, 0.25) is 0 Å². The van der Waals surface area contributed by atoms with Crippen molar-refractivity contribution in [1.29, 1.82) is 0 Å². The second-order valence-corrected chi connectivity index (χ2v) is 6.10. The molecule has 0 saturated heterocycles. The summed E-state index contributed by atoms with van der Waals surface area (Å²) in [6.45, 7) is 5.24. The summed E-state index contributed by atoms with van der Waals surface area (Å²) < 4.78 is 5.23. The zero-order valence-corrected chi connectivity index (χ0v) is 13.7. The minimum atomic E-state index is 0.353. The van der Waals surface area contributed by atoms with Crippen LogP contribution in [-0.2, 0) is 0 Å². The second-order valence-electron chi connectivity index (χ2n) is 5.01. The van der Waals surface area contributed by atoms with Crippen LogP contribution in [0, 0.1) is 6.92 Å². The predicted molar refractivity (Wildman–Crippen MR) is 91.3 cm³/mol. The molecule has 3 heteroatoms. The number of ether oxygens (including phenoxy) is 1. The van der Waals surface area contributed by atoms with Crippen LogP contribution in [0.3, 0.4) is 0 Å². The summed E-state index contributed by atoms with van der Waals surface area (Å²) in [5.41, 5.74) is 2.61. The number of rotatable bonds is 7. The third-order valence-electron chi connectivity index (χ3n) is 3.37. The van der Waals surface area contributed by atoms with Crippen molar-refractivity contribution in [2.75, 3.05) is 19.4 Å². The summed E-state index contributed by atoms with van der Waals surface area (Å²) in [4.78, 5) is 1.33. The monoisotopic (exact) mass is 301 g/mol. The molecule has 1 N–H and O–H groups in total. The molecule has 0 aliphatic carbocycles. The highest BCUT2D eigenvalue weighted by molar-refractivity contribution is 7.99. The number of nitrogens with one attached hydrogen (secondary N) is 1. The van der Waals surface area contributed by atoms with Crippen molar-refractivity contribution < 1.29 is 4.74 Å². The third-order valence-corrected chi connectivity index (χ3v) is 4.46. The minimum Gasteiger partial charge on any atom is -0.497 e. The summed E-state index contributed by atoms with van der Waals surface area (Å²) in [6.07, 6.45) is 0. The van der Waals surface area contributed by atoms with Gasteiger partial charge in [0.05, 0.1) is 7.11 Å². The van der Waals surface area contributed by atoms with E-state index in [0.29, 0.717) is 6.04 Å². The Morgan fingerprint density at radius 1 is 1.14 bits per heavy atom. The van der Waals surface area contributed by atoms with Gasteiger partial charge >= 0.3 is 0 Å². The average molecular weight is 301 g/mol. The van der Waals surface area contributed by atoms with E-state index in [1.165, 1.54) is 16.0 Å². The molecule has 1 atom stereocenters. The molecule has 21 heavy (non-hydrogen) atoms. The van der Waals surface area contributed by atoms with Crippen LogP contribution >= 0.6 is 11.8 Å². The van der Waals surface area contributed by atoms with Gasteiger partial charge < -0.3 is 10.1 Å². The lowest BCUT2D eigenvalue weighted by Crippen LogP contribution is -2.22. The molecule has 0 fully saturated rings. The molecule has 112 valence electrons. The fourth-order valence-corrected chi connectivity index (χ4v) is 3.35. The van der Waals surface area contributed by atoms with Crippen molar-refractivity contribution in [3.63, 3.8) is 0 Å². The number of hydrogen-bond donors (Lipinski definition) is 1. The van der Waals surface area contributed by atoms with Gasteiger partial charge in [-0.2, -0.15) is 0 Å². The Kier molecular flexibility index (Phi) is 6.15. The van der Waals surface area contributed by atoms with E-state index in [-0.39, 0.29) is 0 Å². The maximum absolute atomic E-state index is 5.23. The Labute approximate surface area is 131 Å². The smallest absolute Gasteiger partial charge is 0.118 e. The topological polar surface area (TPSA) is 21.3 Å². The first-order chi connectivity index (χ1) is 10.2. The lowest BCUT2D eigenvalue weighted by atomic mass is 10.1. The fourth-order valence-electron chi connectivity index (χ4n) is 2.24. The third kappa shape index (κ3) is 4.80. The van der Waals surface area contributed by atoms with E-state index in [1.807, 2.05) is 23.9 Å². The van der Waals surface area contributed by atoms with Crippen molar-refractivity contribution in [1.82, 2.24) is 5.32 Å². The average Bonchev–Trinajstić information content (AvgIpc) is 2.52. The molecule has 0 saturated carbocycles. The van der Waals surface area contributed by atoms with E-state index >= 15 is 0 Å². The molecule has 0 aliphatic heterocycles. The van der Waals surface area contributed by atoms with Crippen molar-refractivity contribution in [2.24, 2.45) is 0 Å². The Balaban J connectivity index is 2.04. The van der Waals surface area contributed by atoms with E-state index < -0.39 is 0 Å². The Morgan fingerprint density at radius 3 is 2.52 bits per heavy atom. The van der Waals surface area contributed by atoms with Gasteiger partial charge in [-0.3, -0.25) is 0 Å². The molecule has 0 heterocycles. The van der Waals surface area contributed by atoms with Crippen molar-refractivity contribution in [3.8, 4) is 5.75 Å². The molecule has 1 unspecified atom stereocenters. The van der Waals surface area contributed by atoms with Gasteiger partial charge in [0.25, 0.3) is 0 Å². The van der Waals surface area contributed by atoms with Crippen LogP contribution in [0.5, 0.6) is 5.75 Å². The molecule has 0 bridgehead atoms. The van der Waals surface area contributed by atoms with Crippen LogP contribution in [0.25, 0.3) is 0 Å². The highest BCUT2D eigenvalue weighted by atomic mass is 32.2. The zero-order valence-electron chi connectivity index (χ0n) is 12.9. The fraction of sp³-hybridized carbons (Fsp3) is 0.333. The molecule has 2 nitrogen and oxygen atoms in total. The largest absolute Gasteiger partial charge is 0.497 e. The second kappa shape index (κ2) is 8.11. The van der Waals surface area contributed by atoms with Crippen LogP contribution in [0.1, 0.15) is 24.1 Å². The van der Waals surface area contributed by atoms with Gasteiger partial charge in [-0.05, 0) is 43.3 Å². The SMILES string of the molecule is CCNC(CSc1cccc(C)c1)c1ccc(OC)cc1. The number of methoxy groups -OCH3 is 1. The summed E-state index contributed by atoms with van der Waals surface area (Å²) in [7, 11) is 1.70. The Hall–Kier alpha value is -1.45. The zero-order chi connectivity index (χ0) is 15.1. The number of benzene rings is 2. The van der Waals surface area contributed by atoms with Crippen LogP contribution in [0.15, 0.2) is 53.4 Å². The standard InChI is InChI=1S/C18H23NOS/c1-4-19-18(15-8-10-16(20-3)11-9-15)13-21-17-7-5-6-14(2)12-17/h5-12,18-19H,4,13H2,1-3H3. The van der Waals surface area contributed by atoms with E-state index in [9.17, 15) is 0 Å². The quantitative estimate of drug-likeness (QED) is 0.764. The van der Waals surface area contributed by atoms with Gasteiger partial charge in [0.1, 0.15) is 5.75 Å². The normalized spacial score (nSPS) is 12.1. The van der Waals surface area contributed by atoms with E-state index in [4.69, 9.17) is 4.74 Å². The summed E-state index contributed by atoms with van der Waals surface area (Å²) in [5.74, 6) is 1.92. The maximum Gasteiger partial charge on any atom is 0.118 e. The van der Waals surface area contributed by atoms with Crippen LogP contribution in [-0.4, -0.2) is 19.4 Å². The van der Waals surface area contributed by atoms with E-state index in [0.717, 1.165) is 18.0 Å². The summed E-state index contributed by atoms with van der Waals surface area (Å²) >= 11 is 1.89. The molecule has 0 radical (unpaired) electrons. The Morgan fingerprint density at radius 2 is 1.90 bits per heavy atom. The maximum atomic E-state index is 5.23. The molecular weight excluding hydrogens is 278 g/mol. The number of hydrogen-bond acceptors (Lipinski definition) is 3. The first-order valence-corrected chi connectivity index (χ1v) is 8.28. The van der Waals surface area contributed by atoms with Gasteiger partial charge in [-0.1, -0.05) is 36.8 Å². The van der Waals surface area contributed by atoms with E-state index in [2.05, 4.69) is 55.6 Å². The highest BCUT2D eigenvalue weighted by Crippen LogP contribution is 2.26.